The Morgan fingerprint density at radius 2 is 1.49 bits per heavy atom. The zero-order valence-electron chi connectivity index (χ0n) is 19.3. The molecule has 18 heteroatoms. The molecule has 1 unspecified atom stereocenters. The molecule has 1 atom stereocenters. The van der Waals surface area contributed by atoms with E-state index in [1.165, 1.54) is 18.3 Å². The van der Waals surface area contributed by atoms with Crippen molar-refractivity contribution in [1.82, 2.24) is 4.98 Å². The Balaban J connectivity index is 1.97. The van der Waals surface area contributed by atoms with Crippen molar-refractivity contribution in [3.05, 3.63) is 86.9 Å². The van der Waals surface area contributed by atoms with Crippen LogP contribution < -0.4 is 9.24 Å². The Morgan fingerprint density at radius 3 is 2.02 bits per heavy atom. The predicted octanol–water partition coefficient (Wildman–Crippen LogP) is 8.77. The number of amides is 2. The summed E-state index contributed by atoms with van der Waals surface area (Å²) in [6.45, 7) is 0. The Hall–Kier alpha value is -2.92. The highest BCUT2D eigenvalue weighted by atomic mass is 79.9. The molecule has 5 nitrogen and oxygen atoms in total. The summed E-state index contributed by atoms with van der Waals surface area (Å²) in [7, 11) is 0. The van der Waals surface area contributed by atoms with Crippen LogP contribution in [0, 0.1) is 5.82 Å². The second-order valence-electron chi connectivity index (χ2n) is 7.94. The minimum Gasteiger partial charge on any atom is -0.319 e. The van der Waals surface area contributed by atoms with Gasteiger partial charge in [0.25, 0.3) is 11.8 Å². The smallest absolute Gasteiger partial charge is 0.319 e. The zero-order chi connectivity index (χ0) is 31.1. The molecule has 1 N–H and O–H groups in total. The van der Waals surface area contributed by atoms with E-state index in [9.17, 15) is 49.1 Å². The number of carbonyl (C=O) groups is 2. The lowest BCUT2D eigenvalue weighted by Gasteiger charge is -2.36. The summed E-state index contributed by atoms with van der Waals surface area (Å²) in [6, 6.07) is 6.11. The second kappa shape index (κ2) is 11.4. The summed E-state index contributed by atoms with van der Waals surface area (Å²) < 4.78 is 136. The van der Waals surface area contributed by atoms with Gasteiger partial charge in [0.15, 0.2) is 5.82 Å². The molecule has 0 fully saturated rings. The third kappa shape index (κ3) is 5.88. The van der Waals surface area contributed by atoms with Gasteiger partial charge in [-0.25, -0.2) is 17.7 Å². The van der Waals surface area contributed by atoms with Crippen LogP contribution >= 0.6 is 43.7 Å². The molecule has 0 saturated carbocycles. The summed E-state index contributed by atoms with van der Waals surface area (Å²) in [5.74, 6) is -10.4. The van der Waals surface area contributed by atoms with Crippen LogP contribution in [0.3, 0.4) is 0 Å². The average molecular weight is 746 g/mol. The van der Waals surface area contributed by atoms with Crippen LogP contribution in [0.15, 0.2) is 59.2 Å². The number of pyridine rings is 1. The fourth-order valence-electron chi connectivity index (χ4n) is 3.35. The van der Waals surface area contributed by atoms with E-state index in [2.05, 4.69) is 42.4 Å². The number of alkyl halides is 9. The van der Waals surface area contributed by atoms with Gasteiger partial charge in [0.2, 0.25) is 0 Å². The maximum atomic E-state index is 15.2. The topological polar surface area (TPSA) is 62.3 Å². The third-order valence-corrected chi connectivity index (χ3v) is 7.04. The maximum Gasteiger partial charge on any atom is 0.457 e. The van der Waals surface area contributed by atoms with Gasteiger partial charge >= 0.3 is 23.9 Å². The number of halogens is 13. The first-order valence-electron chi connectivity index (χ1n) is 10.5. The first-order valence-corrected chi connectivity index (χ1v) is 12.3. The second-order valence-corrected chi connectivity index (χ2v) is 9.87. The van der Waals surface area contributed by atoms with Gasteiger partial charge in [-0.3, -0.25) is 9.59 Å². The number of nitrogens with zero attached hydrogens (tertiary/aromatic N) is 2. The van der Waals surface area contributed by atoms with E-state index in [-0.39, 0.29) is 22.8 Å². The van der Waals surface area contributed by atoms with Crippen LogP contribution in [0.1, 0.15) is 26.3 Å². The largest absolute Gasteiger partial charge is 0.457 e. The van der Waals surface area contributed by atoms with Crippen LogP contribution in [-0.4, -0.2) is 35.1 Å². The number of benzene rings is 2. The van der Waals surface area contributed by atoms with Crippen LogP contribution in [0.5, 0.6) is 0 Å². The molecule has 3 rings (SSSR count). The predicted molar refractivity (Wildman–Crippen MR) is 133 cm³/mol. The Kier molecular flexibility index (Phi) is 9.06. The molecule has 0 radical (unpaired) electrons. The number of hydrogen-bond donors (Lipinski definition) is 1. The molecule has 3 aromatic rings. The van der Waals surface area contributed by atoms with Crippen molar-refractivity contribution in [3.63, 3.8) is 0 Å². The maximum absolute atomic E-state index is 15.2. The van der Waals surface area contributed by atoms with E-state index in [0.29, 0.717) is 9.99 Å². The molecular weight excluding hydrogens is 736 g/mol. The molecule has 0 aliphatic rings. The lowest BCUT2D eigenvalue weighted by molar-refractivity contribution is -0.389. The van der Waals surface area contributed by atoms with Gasteiger partial charge in [0, 0.05) is 16.2 Å². The van der Waals surface area contributed by atoms with Crippen molar-refractivity contribution >= 4 is 66.9 Å². The normalized spacial score (nSPS) is 13.9. The van der Waals surface area contributed by atoms with Gasteiger partial charge in [0.05, 0.1) is 38.6 Å². The Bertz CT molecular complexity index is 1500. The SMILES string of the molecule is O=C(Nc1cccc(C(=O)N(Br)c2ccc(C(F)(C(F)(F)F)C(F)(F)C(F)(F)F)cc2Br)c1F)c1cccnc1Cl. The van der Waals surface area contributed by atoms with E-state index >= 15 is 4.39 Å². The summed E-state index contributed by atoms with van der Waals surface area (Å²) in [5.41, 5.74) is -10.3. The lowest BCUT2D eigenvalue weighted by atomic mass is 9.87. The highest BCUT2D eigenvalue weighted by molar-refractivity contribution is 9.11. The lowest BCUT2D eigenvalue weighted by Crippen LogP contribution is -2.59. The average Bonchev–Trinajstić information content (AvgIpc) is 2.87. The van der Waals surface area contributed by atoms with Gasteiger partial charge < -0.3 is 5.32 Å². The Labute approximate surface area is 244 Å². The van der Waals surface area contributed by atoms with Gasteiger partial charge in [-0.2, -0.15) is 35.1 Å². The minimum atomic E-state index is -6.93. The van der Waals surface area contributed by atoms with Crippen LogP contribution in [0.25, 0.3) is 0 Å². The van der Waals surface area contributed by atoms with Crippen molar-refractivity contribution in [2.24, 2.45) is 0 Å². The van der Waals surface area contributed by atoms with Gasteiger partial charge in [0.1, 0.15) is 5.15 Å². The number of nitrogens with one attached hydrogen (secondary N) is 1. The molecule has 220 valence electrons. The summed E-state index contributed by atoms with van der Waals surface area (Å²) in [5, 5.41) is 1.96. The number of rotatable bonds is 6. The van der Waals surface area contributed by atoms with Crippen LogP contribution in [0.2, 0.25) is 5.15 Å². The third-order valence-electron chi connectivity index (χ3n) is 5.40. The number of carbonyl (C=O) groups excluding carboxylic acids is 2. The van der Waals surface area contributed by atoms with Crippen molar-refractivity contribution in [1.29, 1.82) is 0 Å². The Morgan fingerprint density at radius 1 is 0.878 bits per heavy atom. The molecule has 2 amide bonds. The number of hydrogen-bond acceptors (Lipinski definition) is 3. The minimum absolute atomic E-state index is 0.0331. The summed E-state index contributed by atoms with van der Waals surface area (Å²) in [4.78, 5) is 29.1. The molecule has 2 aromatic carbocycles. The number of aromatic nitrogens is 1. The van der Waals surface area contributed by atoms with Crippen molar-refractivity contribution < 1.29 is 53.5 Å². The molecule has 0 saturated heterocycles. The van der Waals surface area contributed by atoms with Gasteiger partial charge in [-0.15, -0.1) is 0 Å². The first-order chi connectivity index (χ1) is 18.8. The summed E-state index contributed by atoms with van der Waals surface area (Å²) in [6.07, 6.45) is -12.4. The summed E-state index contributed by atoms with van der Waals surface area (Å²) >= 11 is 11.1. The molecule has 0 aliphatic heterocycles. The van der Waals surface area contributed by atoms with E-state index in [0.717, 1.165) is 18.2 Å². The monoisotopic (exact) mass is 743 g/mol. The molecule has 1 aromatic heterocycles. The van der Waals surface area contributed by atoms with Crippen LogP contribution in [0.4, 0.5) is 55.3 Å². The van der Waals surface area contributed by atoms with Gasteiger partial charge in [-0.05, 0) is 52.3 Å². The highest BCUT2D eigenvalue weighted by Crippen LogP contribution is 2.58. The van der Waals surface area contributed by atoms with Crippen molar-refractivity contribution in [3.8, 4) is 0 Å². The molecule has 0 aliphatic carbocycles. The van der Waals surface area contributed by atoms with E-state index in [1.54, 1.807) is 0 Å². The molecule has 1 heterocycles. The van der Waals surface area contributed by atoms with E-state index < -0.39 is 68.5 Å². The van der Waals surface area contributed by atoms with E-state index in [4.69, 9.17) is 11.6 Å². The highest BCUT2D eigenvalue weighted by Gasteiger charge is 2.81. The van der Waals surface area contributed by atoms with Crippen LogP contribution in [-0.2, 0) is 5.67 Å². The quantitative estimate of drug-likeness (QED) is 0.156. The number of anilines is 2. The standard InChI is InChI=1S/C23H10Br2ClF10N3O2/c24-13-9-10(20(28,22(31,32)33)21(29,30)23(34,35)36)6-7-15(13)39(25)19(41)11-3-1-5-14(16(11)27)38-18(40)12-4-2-8-37-17(12)26/h1-9H,(H,38,40). The van der Waals surface area contributed by atoms with E-state index in [1.807, 2.05) is 0 Å². The zero-order valence-corrected chi connectivity index (χ0v) is 23.2. The molecular formula is C23H10Br2ClF10N3O2. The molecule has 0 spiro atoms. The molecule has 0 bridgehead atoms. The fourth-order valence-corrected chi connectivity index (χ4v) is 4.85. The molecule has 41 heavy (non-hydrogen) atoms. The van der Waals surface area contributed by atoms with Crippen molar-refractivity contribution in [2.45, 2.75) is 23.9 Å². The van der Waals surface area contributed by atoms with Gasteiger partial charge in [-0.1, -0.05) is 23.7 Å². The first kappa shape index (κ1) is 32.6. The van der Waals surface area contributed by atoms with Crippen molar-refractivity contribution in [2.75, 3.05) is 9.24 Å². The fraction of sp³-hybridized carbons (Fsp3) is 0.174.